The summed E-state index contributed by atoms with van der Waals surface area (Å²) in [5, 5.41) is 13.4. The fourth-order valence-corrected chi connectivity index (χ4v) is 1.94. The topological polar surface area (TPSA) is 58.3 Å². The molecule has 0 aliphatic carbocycles. The van der Waals surface area contributed by atoms with E-state index >= 15 is 0 Å². The molecule has 1 unspecified atom stereocenters. The minimum atomic E-state index is -0.487. The van der Waals surface area contributed by atoms with Gasteiger partial charge in [-0.25, -0.2) is 0 Å². The van der Waals surface area contributed by atoms with E-state index in [9.17, 15) is 5.11 Å². The number of nitrogens with two attached hydrogens (primary N) is 1. The Morgan fingerprint density at radius 2 is 1.89 bits per heavy atom. The molecule has 0 aliphatic rings. The van der Waals surface area contributed by atoms with Crippen LogP contribution in [-0.4, -0.2) is 11.7 Å². The van der Waals surface area contributed by atoms with Crippen LogP contribution in [0.1, 0.15) is 23.7 Å². The van der Waals surface area contributed by atoms with Crippen molar-refractivity contribution in [1.29, 1.82) is 0 Å². The molecule has 100 valence electrons. The van der Waals surface area contributed by atoms with Crippen molar-refractivity contribution in [3.05, 3.63) is 59.7 Å². The standard InChI is InChI=1S/C16H20N2O/c1-12-7-8-13(11-15(12)17)16(19)9-10-18-14-5-3-2-4-6-14/h2-8,11,16,18-19H,9-10,17H2,1H3. The molecule has 1 atom stereocenters. The molecule has 0 saturated heterocycles. The average molecular weight is 256 g/mol. The molecule has 0 spiro atoms. The maximum Gasteiger partial charge on any atom is 0.0807 e. The third-order valence-electron chi connectivity index (χ3n) is 3.21. The molecule has 0 aliphatic heterocycles. The number of anilines is 2. The Morgan fingerprint density at radius 3 is 2.58 bits per heavy atom. The number of aliphatic hydroxyl groups excluding tert-OH is 1. The molecule has 3 heteroatoms. The molecular weight excluding hydrogens is 236 g/mol. The molecule has 0 radical (unpaired) electrons. The second-order valence-corrected chi connectivity index (χ2v) is 4.71. The Balaban J connectivity index is 1.87. The molecule has 0 heterocycles. The van der Waals surface area contributed by atoms with Gasteiger partial charge in [-0.15, -0.1) is 0 Å². The van der Waals surface area contributed by atoms with Gasteiger partial charge in [-0.05, 0) is 42.7 Å². The van der Waals surface area contributed by atoms with E-state index in [0.717, 1.165) is 29.0 Å². The quantitative estimate of drug-likeness (QED) is 0.720. The van der Waals surface area contributed by atoms with Gasteiger partial charge in [0.25, 0.3) is 0 Å². The number of hydrogen-bond acceptors (Lipinski definition) is 3. The third kappa shape index (κ3) is 3.73. The van der Waals surface area contributed by atoms with E-state index in [0.29, 0.717) is 6.42 Å². The molecule has 0 saturated carbocycles. The normalized spacial score (nSPS) is 12.1. The number of aryl methyl sites for hydroxylation is 1. The molecular formula is C16H20N2O. The lowest BCUT2D eigenvalue weighted by Crippen LogP contribution is -2.08. The van der Waals surface area contributed by atoms with Crippen molar-refractivity contribution in [3.63, 3.8) is 0 Å². The van der Waals surface area contributed by atoms with Crippen molar-refractivity contribution in [1.82, 2.24) is 0 Å². The predicted octanol–water partition coefficient (Wildman–Crippen LogP) is 3.11. The van der Waals surface area contributed by atoms with Crippen molar-refractivity contribution in [3.8, 4) is 0 Å². The van der Waals surface area contributed by atoms with Gasteiger partial charge in [0.2, 0.25) is 0 Å². The van der Waals surface area contributed by atoms with E-state index in [1.807, 2.05) is 55.5 Å². The number of benzene rings is 2. The number of nitrogen functional groups attached to an aromatic ring is 1. The Hall–Kier alpha value is -2.00. The highest BCUT2D eigenvalue weighted by Gasteiger charge is 2.08. The summed E-state index contributed by atoms with van der Waals surface area (Å²) < 4.78 is 0. The smallest absolute Gasteiger partial charge is 0.0807 e. The van der Waals surface area contributed by atoms with Crippen LogP contribution in [-0.2, 0) is 0 Å². The van der Waals surface area contributed by atoms with Gasteiger partial charge in [-0.1, -0.05) is 30.3 Å². The van der Waals surface area contributed by atoms with Gasteiger partial charge in [0, 0.05) is 17.9 Å². The van der Waals surface area contributed by atoms with Gasteiger partial charge < -0.3 is 16.2 Å². The van der Waals surface area contributed by atoms with Crippen LogP contribution < -0.4 is 11.1 Å². The fourth-order valence-electron chi connectivity index (χ4n) is 1.94. The van der Waals surface area contributed by atoms with E-state index in [1.54, 1.807) is 0 Å². The summed E-state index contributed by atoms with van der Waals surface area (Å²) in [5.74, 6) is 0. The average Bonchev–Trinajstić information content (AvgIpc) is 2.43. The van der Waals surface area contributed by atoms with Crippen LogP contribution in [0.2, 0.25) is 0 Å². The van der Waals surface area contributed by atoms with Gasteiger partial charge in [-0.2, -0.15) is 0 Å². The van der Waals surface area contributed by atoms with Crippen LogP contribution in [0.4, 0.5) is 11.4 Å². The second kappa shape index (κ2) is 6.25. The minimum Gasteiger partial charge on any atom is -0.399 e. The Morgan fingerprint density at radius 1 is 1.16 bits per heavy atom. The van der Waals surface area contributed by atoms with Gasteiger partial charge in [0.15, 0.2) is 0 Å². The molecule has 2 aromatic rings. The Bertz CT molecular complexity index is 526. The monoisotopic (exact) mass is 256 g/mol. The zero-order valence-electron chi connectivity index (χ0n) is 11.1. The largest absolute Gasteiger partial charge is 0.399 e. The summed E-state index contributed by atoms with van der Waals surface area (Å²) in [6.45, 7) is 2.68. The number of aliphatic hydroxyl groups is 1. The maximum atomic E-state index is 10.1. The lowest BCUT2D eigenvalue weighted by Gasteiger charge is -2.13. The molecule has 0 fully saturated rings. The van der Waals surface area contributed by atoms with Crippen molar-refractivity contribution < 1.29 is 5.11 Å². The number of para-hydroxylation sites is 1. The van der Waals surface area contributed by atoms with Crippen molar-refractivity contribution in [2.24, 2.45) is 0 Å². The number of nitrogens with one attached hydrogen (secondary N) is 1. The summed E-state index contributed by atoms with van der Waals surface area (Å²) in [7, 11) is 0. The third-order valence-corrected chi connectivity index (χ3v) is 3.21. The van der Waals surface area contributed by atoms with Crippen molar-refractivity contribution >= 4 is 11.4 Å². The lowest BCUT2D eigenvalue weighted by molar-refractivity contribution is 0.171. The first-order chi connectivity index (χ1) is 9.16. The van der Waals surface area contributed by atoms with Crippen LogP contribution in [0.25, 0.3) is 0 Å². The van der Waals surface area contributed by atoms with E-state index in [1.165, 1.54) is 0 Å². The second-order valence-electron chi connectivity index (χ2n) is 4.71. The molecule has 0 bridgehead atoms. The molecule has 4 N–H and O–H groups in total. The van der Waals surface area contributed by atoms with Crippen LogP contribution in [0, 0.1) is 6.92 Å². The van der Waals surface area contributed by atoms with Gasteiger partial charge >= 0.3 is 0 Å². The number of hydrogen-bond donors (Lipinski definition) is 3. The molecule has 2 rings (SSSR count). The predicted molar refractivity (Wildman–Crippen MR) is 80.1 cm³/mol. The maximum absolute atomic E-state index is 10.1. The first-order valence-corrected chi connectivity index (χ1v) is 6.50. The first-order valence-electron chi connectivity index (χ1n) is 6.50. The minimum absolute atomic E-state index is 0.487. The van der Waals surface area contributed by atoms with E-state index in [4.69, 9.17) is 5.73 Å². The number of rotatable bonds is 5. The highest BCUT2D eigenvalue weighted by atomic mass is 16.3. The zero-order chi connectivity index (χ0) is 13.7. The van der Waals surface area contributed by atoms with Crippen molar-refractivity contribution in [2.45, 2.75) is 19.4 Å². The zero-order valence-corrected chi connectivity index (χ0v) is 11.1. The summed E-state index contributed by atoms with van der Waals surface area (Å²) in [5.41, 5.74) is 9.56. The fraction of sp³-hybridized carbons (Fsp3) is 0.250. The highest BCUT2D eigenvalue weighted by Crippen LogP contribution is 2.21. The summed E-state index contributed by atoms with van der Waals surface area (Å²) in [6, 6.07) is 15.7. The van der Waals surface area contributed by atoms with Gasteiger partial charge in [0.05, 0.1) is 6.10 Å². The highest BCUT2D eigenvalue weighted by molar-refractivity contribution is 5.49. The lowest BCUT2D eigenvalue weighted by atomic mass is 10.0. The summed E-state index contributed by atoms with van der Waals surface area (Å²) in [6.07, 6.45) is 0.163. The Labute approximate surface area is 114 Å². The SMILES string of the molecule is Cc1ccc(C(O)CCNc2ccccc2)cc1N. The van der Waals surface area contributed by atoms with Crippen LogP contribution in [0.3, 0.4) is 0 Å². The van der Waals surface area contributed by atoms with Crippen molar-refractivity contribution in [2.75, 3.05) is 17.6 Å². The van der Waals surface area contributed by atoms with Crippen LogP contribution in [0.5, 0.6) is 0 Å². The van der Waals surface area contributed by atoms with Gasteiger partial charge in [-0.3, -0.25) is 0 Å². The first kappa shape index (κ1) is 13.4. The molecule has 3 nitrogen and oxygen atoms in total. The van der Waals surface area contributed by atoms with Crippen LogP contribution in [0.15, 0.2) is 48.5 Å². The van der Waals surface area contributed by atoms with E-state index < -0.39 is 6.10 Å². The molecule has 2 aromatic carbocycles. The molecule has 0 aromatic heterocycles. The van der Waals surface area contributed by atoms with Crippen LogP contribution >= 0.6 is 0 Å². The molecule has 0 amide bonds. The molecule has 19 heavy (non-hydrogen) atoms. The van der Waals surface area contributed by atoms with E-state index in [2.05, 4.69) is 5.32 Å². The summed E-state index contributed by atoms with van der Waals surface area (Å²) in [4.78, 5) is 0. The summed E-state index contributed by atoms with van der Waals surface area (Å²) >= 11 is 0. The van der Waals surface area contributed by atoms with E-state index in [-0.39, 0.29) is 0 Å². The Kier molecular flexibility index (Phi) is 4.42. The van der Waals surface area contributed by atoms with Gasteiger partial charge in [0.1, 0.15) is 0 Å².